The van der Waals surface area contributed by atoms with Crippen LogP contribution in [0.1, 0.15) is 54.2 Å². The SMILES string of the molecule is Cc1cc(C#N)cc2nnc(C3CCCC(Nc4ncc(C(F)(F)F)c(OC5COC5)n4)C3)n12. The summed E-state index contributed by atoms with van der Waals surface area (Å²) in [6, 6.07) is 5.57. The lowest BCUT2D eigenvalue weighted by Crippen LogP contribution is -2.39. The number of nitrogens with zero attached hydrogens (tertiary/aromatic N) is 6. The summed E-state index contributed by atoms with van der Waals surface area (Å²) in [5.74, 6) is 0.504. The molecule has 3 aromatic rings. The molecular formula is C22H22F3N7O2. The summed E-state index contributed by atoms with van der Waals surface area (Å²) in [6.07, 6.45) is -0.995. The van der Waals surface area contributed by atoms with Gasteiger partial charge in [0.1, 0.15) is 17.5 Å². The Morgan fingerprint density at radius 1 is 1.24 bits per heavy atom. The second kappa shape index (κ2) is 8.72. The smallest absolute Gasteiger partial charge is 0.423 e. The molecular weight excluding hydrogens is 451 g/mol. The zero-order valence-electron chi connectivity index (χ0n) is 18.3. The molecule has 0 radical (unpaired) electrons. The maximum absolute atomic E-state index is 13.4. The predicted octanol–water partition coefficient (Wildman–Crippen LogP) is 3.63. The lowest BCUT2D eigenvalue weighted by molar-refractivity contribution is -0.142. The van der Waals surface area contributed by atoms with Gasteiger partial charge in [0, 0.05) is 29.9 Å². The van der Waals surface area contributed by atoms with E-state index in [9.17, 15) is 18.4 Å². The van der Waals surface area contributed by atoms with Crippen molar-refractivity contribution in [2.45, 2.75) is 56.8 Å². The Kier molecular flexibility index (Phi) is 5.73. The molecule has 1 aliphatic carbocycles. The van der Waals surface area contributed by atoms with Gasteiger partial charge < -0.3 is 14.8 Å². The fourth-order valence-corrected chi connectivity index (χ4v) is 4.46. The number of anilines is 1. The number of nitriles is 1. The van der Waals surface area contributed by atoms with Crippen molar-refractivity contribution in [1.82, 2.24) is 24.6 Å². The van der Waals surface area contributed by atoms with Crippen LogP contribution in [0.3, 0.4) is 0 Å². The van der Waals surface area contributed by atoms with Crippen LogP contribution in [-0.4, -0.2) is 49.9 Å². The molecule has 1 N–H and O–H groups in total. The van der Waals surface area contributed by atoms with Crippen molar-refractivity contribution < 1.29 is 22.6 Å². The minimum atomic E-state index is -4.62. The fraction of sp³-hybridized carbons (Fsp3) is 0.500. The van der Waals surface area contributed by atoms with E-state index < -0.39 is 23.7 Å². The Bertz CT molecular complexity index is 1250. The first-order valence-corrected chi connectivity index (χ1v) is 11.0. The van der Waals surface area contributed by atoms with Crippen molar-refractivity contribution in [3.63, 3.8) is 0 Å². The van der Waals surface area contributed by atoms with E-state index in [1.54, 1.807) is 12.1 Å². The molecule has 0 bridgehead atoms. The largest absolute Gasteiger partial charge is 0.469 e. The fourth-order valence-electron chi connectivity index (χ4n) is 4.46. The first-order chi connectivity index (χ1) is 16.3. The van der Waals surface area contributed by atoms with Crippen LogP contribution in [0.4, 0.5) is 19.1 Å². The average molecular weight is 473 g/mol. The van der Waals surface area contributed by atoms with E-state index in [1.807, 2.05) is 11.3 Å². The maximum Gasteiger partial charge on any atom is 0.423 e. The summed E-state index contributed by atoms with van der Waals surface area (Å²) in [5.41, 5.74) is 1.01. The third kappa shape index (κ3) is 4.35. The third-order valence-corrected chi connectivity index (χ3v) is 6.16. The number of halogens is 3. The number of aryl methyl sites for hydroxylation is 1. The summed E-state index contributed by atoms with van der Waals surface area (Å²) in [7, 11) is 0. The number of hydrogen-bond acceptors (Lipinski definition) is 8. The van der Waals surface area contributed by atoms with Gasteiger partial charge in [0.25, 0.3) is 0 Å². The summed E-state index contributed by atoms with van der Waals surface area (Å²) in [6.45, 7) is 2.37. The van der Waals surface area contributed by atoms with E-state index in [0.29, 0.717) is 17.6 Å². The van der Waals surface area contributed by atoms with E-state index in [2.05, 4.69) is 31.6 Å². The molecule has 2 fully saturated rings. The third-order valence-electron chi connectivity index (χ3n) is 6.16. The van der Waals surface area contributed by atoms with Crippen LogP contribution in [0.15, 0.2) is 18.3 Å². The van der Waals surface area contributed by atoms with E-state index in [1.165, 1.54) is 0 Å². The molecule has 34 heavy (non-hydrogen) atoms. The zero-order valence-corrected chi connectivity index (χ0v) is 18.3. The lowest BCUT2D eigenvalue weighted by Gasteiger charge is -2.30. The highest BCUT2D eigenvalue weighted by molar-refractivity contribution is 5.48. The number of nitrogens with one attached hydrogen (secondary N) is 1. The Morgan fingerprint density at radius 3 is 2.76 bits per heavy atom. The first kappa shape index (κ1) is 22.3. The number of ether oxygens (including phenoxy) is 2. The van der Waals surface area contributed by atoms with E-state index >= 15 is 0 Å². The molecule has 0 spiro atoms. The van der Waals surface area contributed by atoms with E-state index in [0.717, 1.165) is 37.0 Å². The molecule has 1 aliphatic heterocycles. The molecule has 2 aliphatic rings. The van der Waals surface area contributed by atoms with Crippen molar-refractivity contribution in [1.29, 1.82) is 5.26 Å². The Morgan fingerprint density at radius 2 is 2.06 bits per heavy atom. The topological polar surface area (TPSA) is 110 Å². The van der Waals surface area contributed by atoms with Crippen LogP contribution in [0.2, 0.25) is 0 Å². The molecule has 1 saturated heterocycles. The van der Waals surface area contributed by atoms with Crippen LogP contribution in [0, 0.1) is 18.3 Å². The lowest BCUT2D eigenvalue weighted by atomic mass is 9.85. The standard InChI is InChI=1S/C22H22F3N7O2/c1-12-5-13(8-26)6-18-30-31-19(32(12)18)14-3-2-4-15(7-14)28-21-27-9-17(22(23,24)25)20(29-21)34-16-10-33-11-16/h5-6,9,14-16H,2-4,7,10-11H2,1H3,(H,27,28,29). The van der Waals surface area contributed by atoms with Crippen molar-refractivity contribution in [2.75, 3.05) is 18.5 Å². The van der Waals surface area contributed by atoms with E-state index in [-0.39, 0.29) is 31.1 Å². The Hall–Kier alpha value is -3.46. The van der Waals surface area contributed by atoms with Crippen molar-refractivity contribution in [2.24, 2.45) is 0 Å². The van der Waals surface area contributed by atoms with Gasteiger partial charge in [-0.25, -0.2) is 4.98 Å². The molecule has 12 heteroatoms. The second-order valence-electron chi connectivity index (χ2n) is 8.64. The van der Waals surface area contributed by atoms with Crippen molar-refractivity contribution in [3.8, 4) is 11.9 Å². The van der Waals surface area contributed by atoms with Crippen LogP contribution in [-0.2, 0) is 10.9 Å². The average Bonchev–Trinajstić information content (AvgIpc) is 3.20. The summed E-state index contributed by atoms with van der Waals surface area (Å²) in [5, 5.41) is 21.0. The molecule has 3 aromatic heterocycles. The molecule has 1 saturated carbocycles. The van der Waals surface area contributed by atoms with Crippen molar-refractivity contribution in [3.05, 3.63) is 41.0 Å². The molecule has 178 valence electrons. The Balaban J connectivity index is 1.35. The number of alkyl halides is 3. The molecule has 2 unspecified atom stereocenters. The first-order valence-electron chi connectivity index (χ1n) is 11.0. The van der Waals surface area contributed by atoms with Gasteiger partial charge in [0.05, 0.1) is 24.8 Å². The Labute approximate surface area is 192 Å². The van der Waals surface area contributed by atoms with Crippen LogP contribution >= 0.6 is 0 Å². The zero-order chi connectivity index (χ0) is 23.9. The maximum atomic E-state index is 13.4. The van der Waals surface area contributed by atoms with Gasteiger partial charge in [0.15, 0.2) is 5.65 Å². The number of aromatic nitrogens is 5. The van der Waals surface area contributed by atoms with Gasteiger partial charge in [-0.1, -0.05) is 6.42 Å². The minimum Gasteiger partial charge on any atom is -0.469 e. The van der Waals surface area contributed by atoms with Gasteiger partial charge in [-0.05, 0) is 32.3 Å². The van der Waals surface area contributed by atoms with Crippen LogP contribution in [0.5, 0.6) is 5.88 Å². The molecule has 9 nitrogen and oxygen atoms in total. The minimum absolute atomic E-state index is 0.0542. The monoisotopic (exact) mass is 473 g/mol. The number of fused-ring (bicyclic) bond motifs is 1. The van der Waals surface area contributed by atoms with Gasteiger partial charge in [-0.15, -0.1) is 10.2 Å². The van der Waals surface area contributed by atoms with Crippen LogP contribution < -0.4 is 10.1 Å². The number of hydrogen-bond donors (Lipinski definition) is 1. The molecule has 4 heterocycles. The van der Waals surface area contributed by atoms with Crippen LogP contribution in [0.25, 0.3) is 5.65 Å². The van der Waals surface area contributed by atoms with E-state index in [4.69, 9.17) is 9.47 Å². The van der Waals surface area contributed by atoms with Crippen molar-refractivity contribution >= 4 is 11.6 Å². The number of rotatable bonds is 5. The quantitative estimate of drug-likeness (QED) is 0.598. The molecule has 2 atom stereocenters. The highest BCUT2D eigenvalue weighted by Gasteiger charge is 2.38. The van der Waals surface area contributed by atoms with Gasteiger partial charge in [-0.2, -0.15) is 23.4 Å². The molecule has 5 rings (SSSR count). The summed E-state index contributed by atoms with van der Waals surface area (Å²) in [4.78, 5) is 7.95. The van der Waals surface area contributed by atoms with Gasteiger partial charge >= 0.3 is 6.18 Å². The van der Waals surface area contributed by atoms with Gasteiger partial charge in [0.2, 0.25) is 11.8 Å². The molecule has 0 amide bonds. The normalized spacial score (nSPS) is 21.1. The van der Waals surface area contributed by atoms with Gasteiger partial charge in [-0.3, -0.25) is 4.40 Å². The highest BCUT2D eigenvalue weighted by Crippen LogP contribution is 2.37. The summed E-state index contributed by atoms with van der Waals surface area (Å²) >= 11 is 0. The number of pyridine rings is 1. The predicted molar refractivity (Wildman–Crippen MR) is 113 cm³/mol. The summed E-state index contributed by atoms with van der Waals surface area (Å²) < 4.78 is 52.5. The second-order valence-corrected chi connectivity index (χ2v) is 8.64. The molecule has 0 aromatic carbocycles. The highest BCUT2D eigenvalue weighted by atomic mass is 19.4.